The second-order valence-electron chi connectivity index (χ2n) is 4.27. The second-order valence-corrected chi connectivity index (χ2v) is 5.63. The minimum atomic E-state index is 0.724. The summed E-state index contributed by atoms with van der Waals surface area (Å²) in [5.41, 5.74) is 4.61. The maximum Gasteiger partial charge on any atom is 0.0423 e. The maximum absolute atomic E-state index is 6.12. The molecule has 1 heterocycles. The van der Waals surface area contributed by atoms with Gasteiger partial charge in [-0.1, -0.05) is 39.2 Å². The Balaban J connectivity index is 2.61. The Morgan fingerprint density at radius 1 is 1.17 bits per heavy atom. The minimum Gasteiger partial charge on any atom is -0.264 e. The van der Waals surface area contributed by atoms with Gasteiger partial charge in [0.15, 0.2) is 0 Å². The van der Waals surface area contributed by atoms with Crippen molar-refractivity contribution < 1.29 is 0 Å². The molecule has 0 aliphatic carbocycles. The van der Waals surface area contributed by atoms with Crippen LogP contribution in [0.4, 0.5) is 0 Å². The van der Waals surface area contributed by atoms with Crippen LogP contribution in [0.25, 0.3) is 5.57 Å². The van der Waals surface area contributed by atoms with Crippen molar-refractivity contribution in [2.24, 2.45) is 0 Å². The molecule has 0 spiro atoms. The lowest BCUT2D eigenvalue weighted by Gasteiger charge is -2.11. The Labute approximate surface area is 121 Å². The van der Waals surface area contributed by atoms with Crippen LogP contribution in [-0.4, -0.2) is 4.98 Å². The van der Waals surface area contributed by atoms with Gasteiger partial charge in [-0.15, -0.1) is 0 Å². The summed E-state index contributed by atoms with van der Waals surface area (Å²) in [6.07, 6.45) is 3.65. The van der Waals surface area contributed by atoms with E-state index in [2.05, 4.69) is 46.9 Å². The molecule has 0 amide bonds. The van der Waals surface area contributed by atoms with Gasteiger partial charge in [-0.2, -0.15) is 0 Å². The van der Waals surface area contributed by atoms with E-state index in [0.29, 0.717) is 0 Å². The highest BCUT2D eigenvalue weighted by molar-refractivity contribution is 9.10. The van der Waals surface area contributed by atoms with E-state index in [1.54, 1.807) is 6.20 Å². The topological polar surface area (TPSA) is 12.9 Å². The summed E-state index contributed by atoms with van der Waals surface area (Å²) >= 11 is 9.60. The fourth-order valence-electron chi connectivity index (χ4n) is 1.95. The minimum absolute atomic E-state index is 0.724. The SMILES string of the molecule is CC(C)=C(c1cccnc1)c1cc(Cl)cc(Br)c1. The van der Waals surface area contributed by atoms with E-state index in [1.807, 2.05) is 24.4 Å². The molecule has 0 saturated carbocycles. The van der Waals surface area contributed by atoms with Crippen molar-refractivity contribution in [3.63, 3.8) is 0 Å². The van der Waals surface area contributed by atoms with E-state index < -0.39 is 0 Å². The van der Waals surface area contributed by atoms with Gasteiger partial charge in [-0.25, -0.2) is 0 Å². The Hall–Kier alpha value is -1.12. The highest BCUT2D eigenvalue weighted by Crippen LogP contribution is 2.30. The predicted molar refractivity (Wildman–Crippen MR) is 80.8 cm³/mol. The third-order valence-corrected chi connectivity index (χ3v) is 3.28. The highest BCUT2D eigenvalue weighted by Gasteiger charge is 2.08. The van der Waals surface area contributed by atoms with Crippen molar-refractivity contribution in [1.29, 1.82) is 0 Å². The largest absolute Gasteiger partial charge is 0.264 e. The second kappa shape index (κ2) is 5.68. The lowest BCUT2D eigenvalue weighted by atomic mass is 9.95. The molecule has 2 aromatic rings. The molecule has 0 saturated heterocycles. The average molecular weight is 323 g/mol. The van der Waals surface area contributed by atoms with Crippen LogP contribution in [0, 0.1) is 0 Å². The number of allylic oxidation sites excluding steroid dienone is 1. The van der Waals surface area contributed by atoms with Crippen LogP contribution in [0.1, 0.15) is 25.0 Å². The lowest BCUT2D eigenvalue weighted by Crippen LogP contribution is -1.92. The van der Waals surface area contributed by atoms with Crippen LogP contribution in [0.15, 0.2) is 52.8 Å². The third-order valence-electron chi connectivity index (χ3n) is 2.60. The molecular formula is C15H13BrClN. The van der Waals surface area contributed by atoms with E-state index in [-0.39, 0.29) is 0 Å². The number of halogens is 2. The Kier molecular flexibility index (Phi) is 4.20. The van der Waals surface area contributed by atoms with Crippen LogP contribution in [-0.2, 0) is 0 Å². The summed E-state index contributed by atoms with van der Waals surface area (Å²) < 4.78 is 0.979. The van der Waals surface area contributed by atoms with Crippen molar-refractivity contribution >= 4 is 33.1 Å². The smallest absolute Gasteiger partial charge is 0.0423 e. The van der Waals surface area contributed by atoms with Crippen molar-refractivity contribution in [2.75, 3.05) is 0 Å². The molecule has 1 nitrogen and oxygen atoms in total. The van der Waals surface area contributed by atoms with Gasteiger partial charge in [0.25, 0.3) is 0 Å². The Bertz CT molecular complexity index is 566. The molecule has 1 aromatic carbocycles. The molecule has 0 N–H and O–H groups in total. The third kappa shape index (κ3) is 3.01. The first-order valence-corrected chi connectivity index (χ1v) is 6.79. The van der Waals surface area contributed by atoms with Gasteiger partial charge in [0.05, 0.1) is 0 Å². The van der Waals surface area contributed by atoms with E-state index in [4.69, 9.17) is 11.6 Å². The Morgan fingerprint density at radius 3 is 2.50 bits per heavy atom. The monoisotopic (exact) mass is 321 g/mol. The van der Waals surface area contributed by atoms with Crippen LogP contribution in [0.3, 0.4) is 0 Å². The molecule has 92 valence electrons. The predicted octanol–water partition coefficient (Wildman–Crippen LogP) is 5.34. The van der Waals surface area contributed by atoms with E-state index >= 15 is 0 Å². The first kappa shape index (κ1) is 13.3. The van der Waals surface area contributed by atoms with E-state index in [0.717, 1.165) is 20.6 Å². The molecule has 3 heteroatoms. The Morgan fingerprint density at radius 2 is 1.94 bits per heavy atom. The van der Waals surface area contributed by atoms with Gasteiger partial charge in [0.1, 0.15) is 0 Å². The summed E-state index contributed by atoms with van der Waals surface area (Å²) in [4.78, 5) is 4.18. The van der Waals surface area contributed by atoms with Gasteiger partial charge < -0.3 is 0 Å². The number of rotatable bonds is 2. The van der Waals surface area contributed by atoms with Gasteiger partial charge in [0.2, 0.25) is 0 Å². The van der Waals surface area contributed by atoms with Gasteiger partial charge >= 0.3 is 0 Å². The van der Waals surface area contributed by atoms with Crippen molar-refractivity contribution in [2.45, 2.75) is 13.8 Å². The van der Waals surface area contributed by atoms with Crippen LogP contribution in [0.5, 0.6) is 0 Å². The molecule has 0 atom stereocenters. The fraction of sp³-hybridized carbons (Fsp3) is 0.133. The molecule has 18 heavy (non-hydrogen) atoms. The van der Waals surface area contributed by atoms with Crippen molar-refractivity contribution in [3.8, 4) is 0 Å². The summed E-state index contributed by atoms with van der Waals surface area (Å²) in [5.74, 6) is 0. The van der Waals surface area contributed by atoms with Crippen molar-refractivity contribution in [3.05, 3.63) is 68.9 Å². The van der Waals surface area contributed by atoms with E-state index in [9.17, 15) is 0 Å². The number of hydrogen-bond donors (Lipinski definition) is 0. The molecule has 0 aliphatic heterocycles. The average Bonchev–Trinajstić information content (AvgIpc) is 2.28. The molecule has 0 radical (unpaired) electrons. The first-order valence-electron chi connectivity index (χ1n) is 5.62. The molecule has 1 aromatic heterocycles. The van der Waals surface area contributed by atoms with Gasteiger partial charge in [0, 0.05) is 27.5 Å². The normalized spacial score (nSPS) is 10.2. The summed E-state index contributed by atoms with van der Waals surface area (Å²) in [5, 5.41) is 0.724. The molecular weight excluding hydrogens is 310 g/mol. The molecule has 0 aliphatic rings. The van der Waals surface area contributed by atoms with E-state index in [1.165, 1.54) is 11.1 Å². The highest BCUT2D eigenvalue weighted by atomic mass is 79.9. The van der Waals surface area contributed by atoms with Gasteiger partial charge in [-0.05, 0) is 49.2 Å². The van der Waals surface area contributed by atoms with Crippen molar-refractivity contribution in [1.82, 2.24) is 4.98 Å². The number of nitrogens with zero attached hydrogens (tertiary/aromatic N) is 1. The zero-order valence-corrected chi connectivity index (χ0v) is 12.6. The molecule has 2 rings (SSSR count). The molecule has 0 bridgehead atoms. The zero-order chi connectivity index (χ0) is 13.1. The summed E-state index contributed by atoms with van der Waals surface area (Å²) in [7, 11) is 0. The molecule has 0 unspecified atom stereocenters. The fourth-order valence-corrected chi connectivity index (χ4v) is 2.81. The van der Waals surface area contributed by atoms with Gasteiger partial charge in [-0.3, -0.25) is 4.98 Å². The number of aromatic nitrogens is 1. The standard InChI is InChI=1S/C15H13BrClN/c1-10(2)15(11-4-3-5-18-9-11)12-6-13(16)8-14(17)7-12/h3-9H,1-2H3. The molecule has 0 fully saturated rings. The number of pyridine rings is 1. The van der Waals surface area contributed by atoms with Crippen LogP contribution < -0.4 is 0 Å². The quantitative estimate of drug-likeness (QED) is 0.727. The van der Waals surface area contributed by atoms with Crippen LogP contribution in [0.2, 0.25) is 5.02 Å². The number of benzene rings is 1. The lowest BCUT2D eigenvalue weighted by molar-refractivity contribution is 1.29. The first-order chi connectivity index (χ1) is 8.58. The zero-order valence-electron chi connectivity index (χ0n) is 10.2. The summed E-state index contributed by atoms with van der Waals surface area (Å²) in [6.45, 7) is 4.19. The maximum atomic E-state index is 6.12. The summed E-state index contributed by atoms with van der Waals surface area (Å²) in [6, 6.07) is 9.93. The van der Waals surface area contributed by atoms with Crippen LogP contribution >= 0.6 is 27.5 Å². The number of hydrogen-bond acceptors (Lipinski definition) is 1.